The number of carbonyl (C=O) groups excluding carboxylic acids is 1. The Hall–Kier alpha value is -1.35. The molecule has 0 aromatic heterocycles. The average molecular weight is 288 g/mol. The maximum atomic E-state index is 12.2. The first-order valence-electron chi connectivity index (χ1n) is 8.16. The van der Waals surface area contributed by atoms with Gasteiger partial charge in [0.1, 0.15) is 0 Å². The van der Waals surface area contributed by atoms with Crippen molar-refractivity contribution < 1.29 is 4.79 Å². The third-order valence-corrected chi connectivity index (χ3v) is 4.15. The fraction of sp³-hybridized carbons (Fsp3) is 0.611. The zero-order valence-electron chi connectivity index (χ0n) is 13.5. The van der Waals surface area contributed by atoms with E-state index in [0.29, 0.717) is 5.92 Å². The third kappa shape index (κ3) is 4.85. The highest BCUT2D eigenvalue weighted by Crippen LogP contribution is 2.17. The van der Waals surface area contributed by atoms with Crippen LogP contribution in [0.2, 0.25) is 0 Å². The van der Waals surface area contributed by atoms with Gasteiger partial charge in [-0.1, -0.05) is 38.1 Å². The van der Waals surface area contributed by atoms with Gasteiger partial charge in [0.15, 0.2) is 0 Å². The minimum absolute atomic E-state index is 0.0764. The van der Waals surface area contributed by atoms with E-state index in [9.17, 15) is 4.79 Å². The Morgan fingerprint density at radius 3 is 2.57 bits per heavy atom. The first-order valence-corrected chi connectivity index (χ1v) is 8.16. The van der Waals surface area contributed by atoms with Crippen molar-refractivity contribution >= 4 is 5.91 Å². The second kappa shape index (κ2) is 7.60. The van der Waals surface area contributed by atoms with Crippen LogP contribution in [-0.2, 0) is 11.2 Å². The molecule has 2 atom stereocenters. The highest BCUT2D eigenvalue weighted by molar-refractivity contribution is 5.79. The van der Waals surface area contributed by atoms with Crippen LogP contribution in [0.25, 0.3) is 0 Å². The highest BCUT2D eigenvalue weighted by atomic mass is 16.1. The molecule has 1 aliphatic heterocycles. The van der Waals surface area contributed by atoms with E-state index in [-0.39, 0.29) is 17.9 Å². The van der Waals surface area contributed by atoms with Crippen LogP contribution in [-0.4, -0.2) is 19.0 Å². The van der Waals surface area contributed by atoms with Crippen LogP contribution in [0.3, 0.4) is 0 Å². The van der Waals surface area contributed by atoms with Crippen molar-refractivity contribution in [2.75, 3.05) is 13.1 Å². The summed E-state index contributed by atoms with van der Waals surface area (Å²) >= 11 is 0. The summed E-state index contributed by atoms with van der Waals surface area (Å²) in [5.41, 5.74) is 2.54. The summed E-state index contributed by atoms with van der Waals surface area (Å²) in [4.78, 5) is 12.2. The second-order valence-corrected chi connectivity index (χ2v) is 6.61. The molecule has 0 spiro atoms. The minimum Gasteiger partial charge on any atom is -0.349 e. The molecule has 0 radical (unpaired) electrons. The van der Waals surface area contributed by atoms with Crippen molar-refractivity contribution in [3.05, 3.63) is 35.4 Å². The monoisotopic (exact) mass is 288 g/mol. The molecule has 0 saturated carbocycles. The summed E-state index contributed by atoms with van der Waals surface area (Å²) in [5.74, 6) is 0.981. The first kappa shape index (κ1) is 16.0. The Bertz CT molecular complexity index is 447. The third-order valence-electron chi connectivity index (χ3n) is 4.15. The Labute approximate surface area is 128 Å². The fourth-order valence-electron chi connectivity index (χ4n) is 2.90. The van der Waals surface area contributed by atoms with Crippen molar-refractivity contribution in [3.63, 3.8) is 0 Å². The second-order valence-electron chi connectivity index (χ2n) is 6.61. The van der Waals surface area contributed by atoms with Crippen molar-refractivity contribution in [2.24, 2.45) is 11.8 Å². The number of hydrogen-bond donors (Lipinski definition) is 2. The Morgan fingerprint density at radius 2 is 2.00 bits per heavy atom. The van der Waals surface area contributed by atoms with Gasteiger partial charge in [0.05, 0.1) is 12.0 Å². The standard InChI is InChI=1S/C18H28N2O/c1-13(2)11-15-6-8-16(9-7-15)14(3)20-18(21)17-5-4-10-19-12-17/h6-9,13-14,17,19H,4-5,10-12H2,1-3H3,(H,20,21)/t14?,17-/m0/s1. The van der Waals surface area contributed by atoms with E-state index in [1.807, 2.05) is 0 Å². The number of rotatable bonds is 5. The topological polar surface area (TPSA) is 41.1 Å². The molecule has 1 fully saturated rings. The van der Waals surface area contributed by atoms with Gasteiger partial charge in [0.2, 0.25) is 5.91 Å². The van der Waals surface area contributed by atoms with Gasteiger partial charge in [0, 0.05) is 6.54 Å². The Balaban J connectivity index is 1.90. The van der Waals surface area contributed by atoms with Gasteiger partial charge < -0.3 is 10.6 Å². The van der Waals surface area contributed by atoms with Gasteiger partial charge in [-0.05, 0) is 49.8 Å². The van der Waals surface area contributed by atoms with E-state index in [0.717, 1.165) is 32.4 Å². The van der Waals surface area contributed by atoms with Crippen LogP contribution in [0.1, 0.15) is 50.8 Å². The lowest BCUT2D eigenvalue weighted by atomic mass is 9.97. The molecule has 1 aromatic rings. The molecule has 1 amide bonds. The molecular formula is C18H28N2O. The zero-order valence-corrected chi connectivity index (χ0v) is 13.5. The van der Waals surface area contributed by atoms with Crippen LogP contribution < -0.4 is 10.6 Å². The molecule has 21 heavy (non-hydrogen) atoms. The minimum atomic E-state index is 0.0764. The van der Waals surface area contributed by atoms with Gasteiger partial charge in [-0.25, -0.2) is 0 Å². The predicted octanol–water partition coefficient (Wildman–Crippen LogP) is 3.06. The van der Waals surface area contributed by atoms with Crippen LogP contribution >= 0.6 is 0 Å². The Kier molecular flexibility index (Phi) is 5.80. The van der Waals surface area contributed by atoms with E-state index < -0.39 is 0 Å². The molecular weight excluding hydrogens is 260 g/mol. The lowest BCUT2D eigenvalue weighted by Crippen LogP contribution is -2.41. The van der Waals surface area contributed by atoms with E-state index in [1.54, 1.807) is 0 Å². The van der Waals surface area contributed by atoms with E-state index in [1.165, 1.54) is 11.1 Å². The van der Waals surface area contributed by atoms with Crippen molar-refractivity contribution in [3.8, 4) is 0 Å². The molecule has 1 heterocycles. The normalized spacial score (nSPS) is 20.3. The van der Waals surface area contributed by atoms with Gasteiger partial charge in [-0.3, -0.25) is 4.79 Å². The van der Waals surface area contributed by atoms with Crippen LogP contribution in [0, 0.1) is 11.8 Å². The SMILES string of the molecule is CC(C)Cc1ccc(C(C)NC(=O)[C@H]2CCCNC2)cc1. The lowest BCUT2D eigenvalue weighted by molar-refractivity contribution is -0.126. The van der Waals surface area contributed by atoms with Crippen molar-refractivity contribution in [2.45, 2.75) is 46.1 Å². The average Bonchev–Trinajstić information content (AvgIpc) is 2.48. The maximum absolute atomic E-state index is 12.2. The fourth-order valence-corrected chi connectivity index (χ4v) is 2.90. The van der Waals surface area contributed by atoms with E-state index in [2.05, 4.69) is 55.7 Å². The van der Waals surface area contributed by atoms with Crippen LogP contribution in [0.4, 0.5) is 0 Å². The molecule has 3 heteroatoms. The van der Waals surface area contributed by atoms with E-state index >= 15 is 0 Å². The Morgan fingerprint density at radius 1 is 1.29 bits per heavy atom. The van der Waals surface area contributed by atoms with E-state index in [4.69, 9.17) is 0 Å². The zero-order chi connectivity index (χ0) is 15.2. The summed E-state index contributed by atoms with van der Waals surface area (Å²) in [6.07, 6.45) is 3.20. The summed E-state index contributed by atoms with van der Waals surface area (Å²) in [7, 11) is 0. The summed E-state index contributed by atoms with van der Waals surface area (Å²) in [5, 5.41) is 6.44. The first-order chi connectivity index (χ1) is 10.1. The molecule has 0 aliphatic carbocycles. The number of hydrogen-bond acceptors (Lipinski definition) is 2. The molecule has 2 rings (SSSR count). The highest BCUT2D eigenvalue weighted by Gasteiger charge is 2.22. The molecule has 3 nitrogen and oxygen atoms in total. The molecule has 1 saturated heterocycles. The predicted molar refractivity (Wildman–Crippen MR) is 87.1 cm³/mol. The largest absolute Gasteiger partial charge is 0.349 e. The van der Waals surface area contributed by atoms with Crippen LogP contribution in [0.5, 0.6) is 0 Å². The molecule has 1 unspecified atom stereocenters. The number of carbonyl (C=O) groups is 1. The van der Waals surface area contributed by atoms with Gasteiger partial charge in [-0.2, -0.15) is 0 Å². The summed E-state index contributed by atoms with van der Waals surface area (Å²) in [6, 6.07) is 8.72. The van der Waals surface area contributed by atoms with Gasteiger partial charge in [-0.15, -0.1) is 0 Å². The molecule has 2 N–H and O–H groups in total. The van der Waals surface area contributed by atoms with Crippen LogP contribution in [0.15, 0.2) is 24.3 Å². The quantitative estimate of drug-likeness (QED) is 0.874. The van der Waals surface area contributed by atoms with Crippen molar-refractivity contribution in [1.29, 1.82) is 0 Å². The molecule has 1 aliphatic rings. The van der Waals surface area contributed by atoms with Gasteiger partial charge in [0.25, 0.3) is 0 Å². The number of nitrogens with one attached hydrogen (secondary N) is 2. The molecule has 0 bridgehead atoms. The lowest BCUT2D eigenvalue weighted by Gasteiger charge is -2.24. The molecule has 1 aromatic carbocycles. The van der Waals surface area contributed by atoms with Gasteiger partial charge >= 0.3 is 0 Å². The number of piperidine rings is 1. The summed E-state index contributed by atoms with van der Waals surface area (Å²) < 4.78 is 0. The summed E-state index contributed by atoms with van der Waals surface area (Å²) in [6.45, 7) is 8.37. The van der Waals surface area contributed by atoms with Crippen molar-refractivity contribution in [1.82, 2.24) is 10.6 Å². The number of amides is 1. The number of benzene rings is 1. The maximum Gasteiger partial charge on any atom is 0.224 e. The molecule has 116 valence electrons. The smallest absolute Gasteiger partial charge is 0.224 e.